The Labute approximate surface area is 141 Å². The monoisotopic (exact) mass is 534 g/mol. The van der Waals surface area contributed by atoms with Gasteiger partial charge in [-0.25, -0.2) is 0 Å². The first-order valence-electron chi connectivity index (χ1n) is 6.03. The molecule has 0 spiro atoms. The van der Waals surface area contributed by atoms with Crippen molar-refractivity contribution in [2.75, 3.05) is 0 Å². The van der Waals surface area contributed by atoms with Crippen LogP contribution >= 0.6 is 72.7 Å². The van der Waals surface area contributed by atoms with Crippen molar-refractivity contribution in [3.05, 3.63) is 0 Å². The zero-order chi connectivity index (χ0) is 12.8. The molecule has 0 rings (SSSR count). The molecule has 0 radical (unpaired) electrons. The van der Waals surface area contributed by atoms with Crippen molar-refractivity contribution >= 4 is 72.7 Å². The van der Waals surface area contributed by atoms with E-state index in [0.29, 0.717) is 4.83 Å². The molecule has 16 heavy (non-hydrogen) atoms. The molecule has 0 saturated heterocycles. The minimum Gasteiger partial charge on any atom is -0.122 e. The quantitative estimate of drug-likeness (QED) is 0.251. The molecule has 4 atom stereocenters. The van der Waals surface area contributed by atoms with E-state index in [4.69, 9.17) is 11.6 Å². The Bertz CT molecular complexity index is 180. The van der Waals surface area contributed by atoms with Gasteiger partial charge in [0.05, 0.1) is 3.42 Å². The van der Waals surface area contributed by atoms with Gasteiger partial charge in [0, 0.05) is 14.1 Å². The first-order chi connectivity index (χ1) is 7.42. The van der Waals surface area contributed by atoms with Crippen molar-refractivity contribution in [2.45, 2.75) is 70.4 Å². The second-order valence-electron chi connectivity index (χ2n) is 4.22. The fourth-order valence-corrected chi connectivity index (χ4v) is 4.24. The van der Waals surface area contributed by atoms with Crippen molar-refractivity contribution in [2.24, 2.45) is 0 Å². The van der Waals surface area contributed by atoms with E-state index < -0.39 is 0 Å². The topological polar surface area (TPSA) is 0 Å². The average molecular weight is 535 g/mol. The van der Waals surface area contributed by atoms with E-state index in [2.05, 4.69) is 81.9 Å². The van der Waals surface area contributed by atoms with Crippen molar-refractivity contribution in [3.63, 3.8) is 0 Å². The predicted molar refractivity (Wildman–Crippen MR) is 97.0 cm³/mol. The van der Waals surface area contributed by atoms with E-state index >= 15 is 0 Å². The summed E-state index contributed by atoms with van der Waals surface area (Å²) in [6.07, 6.45) is 5.92. The summed E-state index contributed by atoms with van der Waals surface area (Å²) in [5.41, 5.74) is 0. The van der Waals surface area contributed by atoms with Crippen LogP contribution in [0.4, 0.5) is 0 Å². The lowest BCUT2D eigenvalue weighted by molar-refractivity contribution is 0.486. The summed E-state index contributed by atoms with van der Waals surface area (Å²) in [6, 6.07) is 0. The average Bonchev–Trinajstić information content (AvgIpc) is 2.32. The first-order valence-corrected chi connectivity index (χ1v) is 9.71. The minimum atomic E-state index is 0.196. The van der Waals surface area contributed by atoms with Crippen LogP contribution in [-0.4, -0.2) is 17.6 Å². The standard InChI is InChI=1S/C12H22BrClI2/c1-4-9(15)7-8-12(16,10(13)5-2)11(14)6-3/h9-11H,4-8H2,1-3H3. The van der Waals surface area contributed by atoms with Gasteiger partial charge in [-0.2, -0.15) is 0 Å². The van der Waals surface area contributed by atoms with Crippen LogP contribution in [0.25, 0.3) is 0 Å². The van der Waals surface area contributed by atoms with Gasteiger partial charge in [0.2, 0.25) is 0 Å². The third kappa shape index (κ3) is 5.47. The molecule has 0 fully saturated rings. The van der Waals surface area contributed by atoms with E-state index in [1.807, 2.05) is 0 Å². The third-order valence-corrected chi connectivity index (χ3v) is 9.98. The normalized spacial score (nSPS) is 21.2. The van der Waals surface area contributed by atoms with Crippen molar-refractivity contribution in [1.29, 1.82) is 0 Å². The highest BCUT2D eigenvalue weighted by Gasteiger charge is 2.39. The van der Waals surface area contributed by atoms with E-state index in [1.165, 1.54) is 19.3 Å². The lowest BCUT2D eigenvalue weighted by Gasteiger charge is -2.36. The summed E-state index contributed by atoms with van der Waals surface area (Å²) in [4.78, 5) is 0.517. The fraction of sp³-hybridized carbons (Fsp3) is 1.00. The highest BCUT2D eigenvalue weighted by molar-refractivity contribution is 14.1. The lowest BCUT2D eigenvalue weighted by Crippen LogP contribution is -2.41. The Morgan fingerprint density at radius 1 is 1.19 bits per heavy atom. The molecule has 0 N–H and O–H groups in total. The Morgan fingerprint density at radius 3 is 2.12 bits per heavy atom. The fourth-order valence-electron chi connectivity index (χ4n) is 1.77. The summed E-state index contributed by atoms with van der Waals surface area (Å²) in [5.74, 6) is 0. The SMILES string of the molecule is CCC(I)CCC(I)(C(Cl)CC)C(Br)CC. The van der Waals surface area contributed by atoms with E-state index in [9.17, 15) is 0 Å². The zero-order valence-electron chi connectivity index (χ0n) is 10.3. The Balaban J connectivity index is 4.54. The molecule has 98 valence electrons. The van der Waals surface area contributed by atoms with Gasteiger partial charge < -0.3 is 0 Å². The molecule has 4 heteroatoms. The molecule has 0 aromatic heterocycles. The molecule has 0 aliphatic carbocycles. The van der Waals surface area contributed by atoms with Crippen LogP contribution in [0.3, 0.4) is 0 Å². The maximum atomic E-state index is 6.53. The number of hydrogen-bond acceptors (Lipinski definition) is 0. The predicted octanol–water partition coefficient (Wildman–Crippen LogP) is 6.34. The molecular weight excluding hydrogens is 513 g/mol. The van der Waals surface area contributed by atoms with Crippen molar-refractivity contribution < 1.29 is 0 Å². The van der Waals surface area contributed by atoms with Crippen molar-refractivity contribution in [1.82, 2.24) is 0 Å². The van der Waals surface area contributed by atoms with E-state index in [1.54, 1.807) is 0 Å². The van der Waals surface area contributed by atoms with Gasteiger partial charge in [0.15, 0.2) is 0 Å². The van der Waals surface area contributed by atoms with Crippen LogP contribution in [0.2, 0.25) is 0 Å². The summed E-state index contributed by atoms with van der Waals surface area (Å²) >= 11 is 15.5. The van der Waals surface area contributed by atoms with Gasteiger partial charge in [-0.1, -0.05) is 81.9 Å². The highest BCUT2D eigenvalue weighted by atomic mass is 127. The molecule has 0 aliphatic rings. The van der Waals surface area contributed by atoms with Gasteiger partial charge >= 0.3 is 0 Å². The molecule has 0 saturated carbocycles. The van der Waals surface area contributed by atoms with Crippen LogP contribution in [0.5, 0.6) is 0 Å². The van der Waals surface area contributed by atoms with Crippen LogP contribution in [0.1, 0.15) is 52.9 Å². The molecule has 0 aromatic rings. The molecular formula is C12H22BrClI2. The number of hydrogen-bond donors (Lipinski definition) is 0. The summed E-state index contributed by atoms with van der Waals surface area (Å²) in [6.45, 7) is 6.67. The van der Waals surface area contributed by atoms with Gasteiger partial charge in [-0.05, 0) is 32.1 Å². The Hall–Kier alpha value is 2.23. The Kier molecular flexibility index (Phi) is 10.5. The van der Waals surface area contributed by atoms with Gasteiger partial charge in [0.25, 0.3) is 0 Å². The Morgan fingerprint density at radius 2 is 1.75 bits per heavy atom. The van der Waals surface area contributed by atoms with Gasteiger partial charge in [-0.3, -0.25) is 0 Å². The molecule has 0 bridgehead atoms. The number of rotatable bonds is 8. The smallest absolute Gasteiger partial charge is 0.0510 e. The second kappa shape index (κ2) is 9.18. The molecule has 4 unspecified atom stereocenters. The van der Waals surface area contributed by atoms with Gasteiger partial charge in [0.1, 0.15) is 0 Å². The minimum absolute atomic E-state index is 0.196. The molecule has 0 aliphatic heterocycles. The first kappa shape index (κ1) is 18.2. The highest BCUT2D eigenvalue weighted by Crippen LogP contribution is 2.43. The molecule has 0 aromatic carbocycles. The van der Waals surface area contributed by atoms with Gasteiger partial charge in [-0.15, -0.1) is 11.6 Å². The number of halogens is 4. The lowest BCUT2D eigenvalue weighted by atomic mass is 9.91. The largest absolute Gasteiger partial charge is 0.122 e. The zero-order valence-corrected chi connectivity index (χ0v) is 16.9. The van der Waals surface area contributed by atoms with Crippen LogP contribution in [-0.2, 0) is 0 Å². The third-order valence-electron chi connectivity index (χ3n) is 3.04. The van der Waals surface area contributed by atoms with Crippen LogP contribution in [0, 0.1) is 0 Å². The van der Waals surface area contributed by atoms with E-state index in [-0.39, 0.29) is 8.80 Å². The summed E-state index contributed by atoms with van der Waals surface area (Å²) in [7, 11) is 0. The molecule has 0 heterocycles. The van der Waals surface area contributed by atoms with Crippen LogP contribution < -0.4 is 0 Å². The number of alkyl halides is 4. The molecule has 0 nitrogen and oxygen atoms in total. The maximum Gasteiger partial charge on any atom is 0.0510 e. The summed E-state index contributed by atoms with van der Waals surface area (Å²) < 4.78 is 0.977. The molecule has 0 amide bonds. The van der Waals surface area contributed by atoms with Crippen LogP contribution in [0.15, 0.2) is 0 Å². The maximum absolute atomic E-state index is 6.53. The summed E-state index contributed by atoms with van der Waals surface area (Å²) in [5, 5.41) is 0.262. The second-order valence-corrected chi connectivity index (χ2v) is 9.62. The van der Waals surface area contributed by atoms with Crippen molar-refractivity contribution in [3.8, 4) is 0 Å². The van der Waals surface area contributed by atoms with E-state index in [0.717, 1.165) is 16.8 Å².